The minimum Gasteiger partial charge on any atom is -0.381 e. The molecule has 0 radical (unpaired) electrons. The van der Waals surface area contributed by atoms with Crippen molar-refractivity contribution in [2.24, 2.45) is 11.7 Å². The largest absolute Gasteiger partial charge is 0.381 e. The summed E-state index contributed by atoms with van der Waals surface area (Å²) in [6.07, 6.45) is 4.33. The topological polar surface area (TPSA) is 64.4 Å². The highest BCUT2D eigenvalue weighted by Gasteiger charge is 2.26. The molecule has 5 heteroatoms. The summed E-state index contributed by atoms with van der Waals surface area (Å²) in [6.45, 7) is 7.03. The SMILES string of the molecule is C=CCC(C)NC(=O)C(N)C1CCOCC1.Cl. The molecule has 4 nitrogen and oxygen atoms in total. The molecule has 2 atom stereocenters. The molecule has 3 N–H and O–H groups in total. The maximum atomic E-state index is 11.8. The van der Waals surface area contributed by atoms with Crippen molar-refractivity contribution < 1.29 is 9.53 Å². The second-order valence-electron chi connectivity index (χ2n) is 4.41. The highest BCUT2D eigenvalue weighted by Crippen LogP contribution is 2.17. The van der Waals surface area contributed by atoms with Crippen LogP contribution in [0.4, 0.5) is 0 Å². The Balaban J connectivity index is 0.00000256. The summed E-state index contributed by atoms with van der Waals surface area (Å²) < 4.78 is 5.25. The average Bonchev–Trinajstić information content (AvgIpc) is 2.29. The van der Waals surface area contributed by atoms with Gasteiger partial charge < -0.3 is 15.8 Å². The number of amides is 1. The van der Waals surface area contributed by atoms with Crippen LogP contribution in [-0.4, -0.2) is 31.2 Å². The molecule has 0 spiro atoms. The fourth-order valence-corrected chi connectivity index (χ4v) is 1.94. The number of hydrogen-bond donors (Lipinski definition) is 2. The third-order valence-corrected chi connectivity index (χ3v) is 2.99. The highest BCUT2D eigenvalue weighted by molar-refractivity contribution is 5.85. The minimum absolute atomic E-state index is 0. The third-order valence-electron chi connectivity index (χ3n) is 2.99. The van der Waals surface area contributed by atoms with Crippen LogP contribution in [0.2, 0.25) is 0 Å². The van der Waals surface area contributed by atoms with Crippen LogP contribution in [0.1, 0.15) is 26.2 Å². The minimum atomic E-state index is -0.406. The summed E-state index contributed by atoms with van der Waals surface area (Å²) in [5.74, 6) is 0.200. The fraction of sp³-hybridized carbons (Fsp3) is 0.750. The first-order valence-corrected chi connectivity index (χ1v) is 5.89. The Bertz CT molecular complexity index is 243. The van der Waals surface area contributed by atoms with E-state index in [4.69, 9.17) is 10.5 Å². The third kappa shape index (κ3) is 5.52. The molecular weight excluding hydrogens is 240 g/mol. The van der Waals surface area contributed by atoms with Gasteiger partial charge in [-0.2, -0.15) is 0 Å². The Labute approximate surface area is 109 Å². The van der Waals surface area contributed by atoms with Crippen molar-refractivity contribution in [3.8, 4) is 0 Å². The Hall–Kier alpha value is -0.580. The van der Waals surface area contributed by atoms with Gasteiger partial charge in [0.05, 0.1) is 6.04 Å². The monoisotopic (exact) mass is 262 g/mol. The van der Waals surface area contributed by atoms with E-state index in [0.29, 0.717) is 13.2 Å². The highest BCUT2D eigenvalue weighted by atomic mass is 35.5. The van der Waals surface area contributed by atoms with Crippen LogP contribution in [0.25, 0.3) is 0 Å². The molecule has 0 aromatic heterocycles. The molecular formula is C12H23ClN2O2. The van der Waals surface area contributed by atoms with Crippen LogP contribution in [0.5, 0.6) is 0 Å². The quantitative estimate of drug-likeness (QED) is 0.733. The molecule has 1 fully saturated rings. The van der Waals surface area contributed by atoms with Gasteiger partial charge in [-0.25, -0.2) is 0 Å². The second kappa shape index (κ2) is 8.50. The number of rotatable bonds is 5. The van der Waals surface area contributed by atoms with Gasteiger partial charge in [-0.15, -0.1) is 19.0 Å². The van der Waals surface area contributed by atoms with Gasteiger partial charge in [0.15, 0.2) is 0 Å². The molecule has 17 heavy (non-hydrogen) atoms. The molecule has 0 bridgehead atoms. The molecule has 1 amide bonds. The lowest BCUT2D eigenvalue weighted by Crippen LogP contribution is -2.49. The van der Waals surface area contributed by atoms with E-state index < -0.39 is 6.04 Å². The second-order valence-corrected chi connectivity index (χ2v) is 4.41. The fourth-order valence-electron chi connectivity index (χ4n) is 1.94. The van der Waals surface area contributed by atoms with Gasteiger partial charge in [-0.1, -0.05) is 6.08 Å². The Morgan fingerprint density at radius 3 is 2.71 bits per heavy atom. The smallest absolute Gasteiger partial charge is 0.237 e. The van der Waals surface area contributed by atoms with Crippen LogP contribution < -0.4 is 11.1 Å². The van der Waals surface area contributed by atoms with Crippen molar-refractivity contribution in [2.45, 2.75) is 38.3 Å². The molecule has 2 unspecified atom stereocenters. The van der Waals surface area contributed by atoms with Gasteiger partial charge in [0.1, 0.15) is 0 Å². The number of ether oxygens (including phenoxy) is 1. The first kappa shape index (κ1) is 16.4. The number of nitrogens with one attached hydrogen (secondary N) is 1. The summed E-state index contributed by atoms with van der Waals surface area (Å²) in [7, 11) is 0. The van der Waals surface area contributed by atoms with Crippen molar-refractivity contribution in [1.29, 1.82) is 0 Å². The van der Waals surface area contributed by atoms with Crippen molar-refractivity contribution in [3.05, 3.63) is 12.7 Å². The van der Waals surface area contributed by atoms with E-state index in [-0.39, 0.29) is 30.3 Å². The van der Waals surface area contributed by atoms with Crippen LogP contribution in [0.15, 0.2) is 12.7 Å². The average molecular weight is 263 g/mol. The summed E-state index contributed by atoms with van der Waals surface area (Å²) in [5.41, 5.74) is 5.94. The predicted octanol–water partition coefficient (Wildman–Crippen LogP) is 1.24. The van der Waals surface area contributed by atoms with E-state index in [1.807, 2.05) is 6.92 Å². The van der Waals surface area contributed by atoms with E-state index in [1.165, 1.54) is 0 Å². The molecule has 1 aliphatic rings. The molecule has 1 rings (SSSR count). The number of carbonyl (C=O) groups is 1. The first-order valence-electron chi connectivity index (χ1n) is 5.89. The first-order chi connectivity index (χ1) is 7.65. The Kier molecular flexibility index (Phi) is 8.21. The van der Waals surface area contributed by atoms with Crippen molar-refractivity contribution >= 4 is 18.3 Å². The van der Waals surface area contributed by atoms with Gasteiger partial charge in [0.25, 0.3) is 0 Å². The molecule has 0 saturated carbocycles. The number of hydrogen-bond acceptors (Lipinski definition) is 3. The molecule has 0 aliphatic carbocycles. The van der Waals surface area contributed by atoms with Gasteiger partial charge >= 0.3 is 0 Å². The zero-order valence-corrected chi connectivity index (χ0v) is 11.2. The molecule has 0 aromatic carbocycles. The van der Waals surface area contributed by atoms with E-state index >= 15 is 0 Å². The Morgan fingerprint density at radius 2 is 2.18 bits per heavy atom. The molecule has 100 valence electrons. The zero-order valence-electron chi connectivity index (χ0n) is 10.4. The maximum Gasteiger partial charge on any atom is 0.237 e. The van der Waals surface area contributed by atoms with Crippen molar-refractivity contribution in [1.82, 2.24) is 5.32 Å². The number of halogens is 1. The molecule has 1 saturated heterocycles. The van der Waals surface area contributed by atoms with Gasteiger partial charge in [-0.3, -0.25) is 4.79 Å². The van der Waals surface area contributed by atoms with Crippen molar-refractivity contribution in [2.75, 3.05) is 13.2 Å². The van der Waals surface area contributed by atoms with Crippen LogP contribution in [0, 0.1) is 5.92 Å². The molecule has 1 heterocycles. The van der Waals surface area contributed by atoms with E-state index in [1.54, 1.807) is 6.08 Å². The standard InChI is InChI=1S/C12H22N2O2.ClH/c1-3-4-9(2)14-12(15)11(13)10-5-7-16-8-6-10;/h3,9-11H,1,4-8,13H2,2H3,(H,14,15);1H. The Morgan fingerprint density at radius 1 is 1.59 bits per heavy atom. The molecule has 0 aromatic rings. The zero-order chi connectivity index (χ0) is 12.0. The lowest BCUT2D eigenvalue weighted by molar-refractivity contribution is -0.124. The van der Waals surface area contributed by atoms with Gasteiger partial charge in [-0.05, 0) is 32.1 Å². The number of nitrogens with two attached hydrogens (primary N) is 1. The van der Waals surface area contributed by atoms with Crippen LogP contribution in [-0.2, 0) is 9.53 Å². The van der Waals surface area contributed by atoms with Gasteiger partial charge in [0.2, 0.25) is 5.91 Å². The summed E-state index contributed by atoms with van der Waals surface area (Å²) in [5, 5.41) is 2.90. The van der Waals surface area contributed by atoms with E-state index in [2.05, 4.69) is 11.9 Å². The lowest BCUT2D eigenvalue weighted by Gasteiger charge is -2.27. The normalized spacial score (nSPS) is 19.9. The molecule has 1 aliphatic heterocycles. The van der Waals surface area contributed by atoms with E-state index in [0.717, 1.165) is 19.3 Å². The summed E-state index contributed by atoms with van der Waals surface area (Å²) in [6, 6.07) is -0.299. The van der Waals surface area contributed by atoms with E-state index in [9.17, 15) is 4.79 Å². The maximum absolute atomic E-state index is 11.8. The van der Waals surface area contributed by atoms with Gasteiger partial charge in [0, 0.05) is 19.3 Å². The van der Waals surface area contributed by atoms with Crippen LogP contribution in [0.3, 0.4) is 0 Å². The number of carbonyl (C=O) groups excluding carboxylic acids is 1. The predicted molar refractivity (Wildman–Crippen MR) is 71.2 cm³/mol. The lowest BCUT2D eigenvalue weighted by atomic mass is 9.91. The summed E-state index contributed by atoms with van der Waals surface area (Å²) in [4.78, 5) is 11.8. The summed E-state index contributed by atoms with van der Waals surface area (Å²) >= 11 is 0. The van der Waals surface area contributed by atoms with Crippen molar-refractivity contribution in [3.63, 3.8) is 0 Å². The van der Waals surface area contributed by atoms with Crippen LogP contribution >= 0.6 is 12.4 Å².